The number of hydrogen-bond acceptors (Lipinski definition) is 5. The molecule has 23 heavy (non-hydrogen) atoms. The van der Waals surface area contributed by atoms with Crippen LogP contribution in [0.4, 0.5) is 5.69 Å². The van der Waals surface area contributed by atoms with Gasteiger partial charge in [-0.2, -0.15) is 5.10 Å². The van der Waals surface area contributed by atoms with Gasteiger partial charge in [0.05, 0.1) is 18.4 Å². The highest BCUT2D eigenvalue weighted by Crippen LogP contribution is 2.13. The van der Waals surface area contributed by atoms with Gasteiger partial charge in [0, 0.05) is 12.6 Å². The smallest absolute Gasteiger partial charge is 0.103 e. The predicted octanol–water partition coefficient (Wildman–Crippen LogP) is 1.78. The Hall–Kier alpha value is -2.21. The normalized spacial score (nSPS) is 13.9. The first-order valence-electron chi connectivity index (χ1n) is 7.56. The van der Waals surface area contributed by atoms with Gasteiger partial charge in [0.1, 0.15) is 6.10 Å². The molecule has 0 radical (unpaired) electrons. The molecule has 4 N–H and O–H groups in total. The van der Waals surface area contributed by atoms with Gasteiger partial charge in [-0.05, 0) is 29.7 Å². The van der Waals surface area contributed by atoms with E-state index in [9.17, 15) is 10.2 Å². The maximum atomic E-state index is 9.46. The summed E-state index contributed by atoms with van der Waals surface area (Å²) in [6.45, 7) is -0.467. The Morgan fingerprint density at radius 2 is 1.57 bits per heavy atom. The lowest BCUT2D eigenvalue weighted by molar-refractivity contribution is -0.00945. The molecular weight excluding hydrogens is 292 g/mol. The van der Waals surface area contributed by atoms with Gasteiger partial charge in [-0.15, -0.1) is 0 Å². The van der Waals surface area contributed by atoms with Crippen LogP contribution in [-0.2, 0) is 6.42 Å². The number of aliphatic hydroxyl groups is 3. The highest BCUT2D eigenvalue weighted by atomic mass is 16.4. The Morgan fingerprint density at radius 3 is 2.22 bits per heavy atom. The van der Waals surface area contributed by atoms with Gasteiger partial charge in [-0.25, -0.2) is 0 Å². The topological polar surface area (TPSA) is 85.1 Å². The predicted molar refractivity (Wildman–Crippen MR) is 91.5 cm³/mol. The Balaban J connectivity index is 1.81. The molecule has 0 aliphatic heterocycles. The number of rotatable bonds is 8. The summed E-state index contributed by atoms with van der Waals surface area (Å²) in [4.78, 5) is 0. The van der Waals surface area contributed by atoms with Crippen molar-refractivity contribution >= 4 is 11.9 Å². The van der Waals surface area contributed by atoms with Gasteiger partial charge in [0.15, 0.2) is 0 Å². The number of hydrogen-bond donors (Lipinski definition) is 4. The van der Waals surface area contributed by atoms with Crippen molar-refractivity contribution in [1.29, 1.82) is 0 Å². The second-order valence-electron chi connectivity index (χ2n) is 5.34. The molecule has 2 atom stereocenters. The van der Waals surface area contributed by atoms with Gasteiger partial charge in [-0.1, -0.05) is 42.5 Å². The van der Waals surface area contributed by atoms with Crippen LogP contribution < -0.4 is 5.43 Å². The van der Waals surface area contributed by atoms with Crippen molar-refractivity contribution in [1.82, 2.24) is 0 Å². The van der Waals surface area contributed by atoms with Gasteiger partial charge in [0.2, 0.25) is 0 Å². The number of nitrogens with zero attached hydrogens (tertiary/aromatic N) is 1. The number of aliphatic hydroxyl groups excluding tert-OH is 3. The average Bonchev–Trinajstić information content (AvgIpc) is 2.60. The van der Waals surface area contributed by atoms with E-state index < -0.39 is 18.8 Å². The first-order chi connectivity index (χ1) is 11.2. The fraction of sp³-hybridized carbons (Fsp3) is 0.278. The number of hydrazone groups is 1. The van der Waals surface area contributed by atoms with Gasteiger partial charge >= 0.3 is 0 Å². The SMILES string of the molecule is OC[C@@H](O)[C@@H](O)C/C=N/Nc1ccc(Cc2ccccc2)cc1. The minimum Gasteiger partial charge on any atom is -0.394 e. The van der Waals surface area contributed by atoms with E-state index in [4.69, 9.17) is 5.11 Å². The molecule has 2 aromatic carbocycles. The second kappa shape index (κ2) is 9.05. The lowest BCUT2D eigenvalue weighted by Gasteiger charge is -2.12. The highest BCUT2D eigenvalue weighted by Gasteiger charge is 2.13. The molecule has 0 heterocycles. The summed E-state index contributed by atoms with van der Waals surface area (Å²) in [5.74, 6) is 0. The first kappa shape index (κ1) is 17.1. The van der Waals surface area contributed by atoms with Crippen LogP contribution in [0, 0.1) is 0 Å². The van der Waals surface area contributed by atoms with Crippen molar-refractivity contribution in [3.63, 3.8) is 0 Å². The molecule has 0 fully saturated rings. The summed E-state index contributed by atoms with van der Waals surface area (Å²) in [5.41, 5.74) is 6.19. The van der Waals surface area contributed by atoms with Crippen LogP contribution in [0.2, 0.25) is 0 Å². The molecule has 122 valence electrons. The number of benzene rings is 2. The quantitative estimate of drug-likeness (QED) is 0.442. The summed E-state index contributed by atoms with van der Waals surface area (Å²) in [5, 5.41) is 31.4. The summed E-state index contributed by atoms with van der Waals surface area (Å²) in [6, 6.07) is 18.2. The van der Waals surface area contributed by atoms with Crippen LogP contribution in [0.5, 0.6) is 0 Å². The Bertz CT molecular complexity index is 599. The Labute approximate surface area is 135 Å². The molecule has 5 heteroatoms. The van der Waals surface area contributed by atoms with Crippen molar-refractivity contribution in [2.24, 2.45) is 5.10 Å². The van der Waals surface area contributed by atoms with Crippen molar-refractivity contribution < 1.29 is 15.3 Å². The third kappa shape index (κ3) is 5.83. The minimum absolute atomic E-state index is 0.167. The fourth-order valence-corrected chi connectivity index (χ4v) is 2.09. The molecule has 5 nitrogen and oxygen atoms in total. The van der Waals surface area contributed by atoms with Crippen LogP contribution in [0.25, 0.3) is 0 Å². The number of nitrogens with one attached hydrogen (secondary N) is 1. The molecule has 0 amide bonds. The maximum Gasteiger partial charge on any atom is 0.103 e. The highest BCUT2D eigenvalue weighted by molar-refractivity contribution is 5.60. The summed E-state index contributed by atoms with van der Waals surface area (Å²) >= 11 is 0. The Kier molecular flexibility index (Phi) is 6.75. The number of anilines is 1. The molecule has 0 aromatic heterocycles. The molecular formula is C18H22N2O3. The van der Waals surface area contributed by atoms with Crippen molar-refractivity contribution in [2.75, 3.05) is 12.0 Å². The second-order valence-corrected chi connectivity index (χ2v) is 5.34. The molecule has 0 spiro atoms. The third-order valence-electron chi connectivity index (χ3n) is 3.47. The van der Waals surface area contributed by atoms with E-state index in [0.717, 1.165) is 12.1 Å². The van der Waals surface area contributed by atoms with E-state index in [1.54, 1.807) is 0 Å². The molecule has 0 saturated heterocycles. The maximum absolute atomic E-state index is 9.46. The molecule has 0 aliphatic carbocycles. The first-order valence-corrected chi connectivity index (χ1v) is 7.56. The van der Waals surface area contributed by atoms with Gasteiger partial charge in [0.25, 0.3) is 0 Å². The molecule has 0 bridgehead atoms. The summed E-state index contributed by atoms with van der Waals surface area (Å²) in [6.07, 6.45) is 0.371. The van der Waals surface area contributed by atoms with Crippen molar-refractivity contribution in [2.45, 2.75) is 25.0 Å². The van der Waals surface area contributed by atoms with E-state index >= 15 is 0 Å². The van der Waals surface area contributed by atoms with E-state index in [0.29, 0.717) is 0 Å². The van der Waals surface area contributed by atoms with Gasteiger partial charge in [-0.3, -0.25) is 5.43 Å². The van der Waals surface area contributed by atoms with Crippen LogP contribution in [0.1, 0.15) is 17.5 Å². The van der Waals surface area contributed by atoms with Crippen LogP contribution in [0.3, 0.4) is 0 Å². The monoisotopic (exact) mass is 314 g/mol. The molecule has 2 aromatic rings. The lowest BCUT2D eigenvalue weighted by atomic mass is 10.1. The largest absolute Gasteiger partial charge is 0.394 e. The summed E-state index contributed by atoms with van der Waals surface area (Å²) < 4.78 is 0. The lowest BCUT2D eigenvalue weighted by Crippen LogP contribution is -2.29. The van der Waals surface area contributed by atoms with Gasteiger partial charge < -0.3 is 15.3 Å². The van der Waals surface area contributed by atoms with E-state index in [1.807, 2.05) is 42.5 Å². The minimum atomic E-state index is -1.14. The average molecular weight is 314 g/mol. The zero-order valence-corrected chi connectivity index (χ0v) is 12.8. The van der Waals surface area contributed by atoms with E-state index in [-0.39, 0.29) is 6.42 Å². The molecule has 0 aliphatic rings. The van der Waals surface area contributed by atoms with Crippen LogP contribution in [-0.4, -0.2) is 40.3 Å². The van der Waals surface area contributed by atoms with E-state index in [2.05, 4.69) is 22.7 Å². The molecule has 0 unspecified atom stereocenters. The Morgan fingerprint density at radius 1 is 0.913 bits per heavy atom. The fourth-order valence-electron chi connectivity index (χ4n) is 2.09. The van der Waals surface area contributed by atoms with Crippen molar-refractivity contribution in [3.8, 4) is 0 Å². The van der Waals surface area contributed by atoms with Crippen LogP contribution in [0.15, 0.2) is 59.7 Å². The third-order valence-corrected chi connectivity index (χ3v) is 3.47. The molecule has 2 rings (SSSR count). The standard InChI is InChI=1S/C18H22N2O3/c21-13-18(23)17(22)10-11-19-20-16-8-6-15(7-9-16)12-14-4-2-1-3-5-14/h1-9,11,17-18,20-23H,10,12-13H2/b19-11+/t17-,18+/m0/s1. The molecule has 0 saturated carbocycles. The van der Waals surface area contributed by atoms with Crippen molar-refractivity contribution in [3.05, 3.63) is 65.7 Å². The van der Waals surface area contributed by atoms with Crippen LogP contribution >= 0.6 is 0 Å². The zero-order chi connectivity index (χ0) is 16.5. The van der Waals surface area contributed by atoms with E-state index in [1.165, 1.54) is 17.3 Å². The summed E-state index contributed by atoms with van der Waals surface area (Å²) in [7, 11) is 0. The zero-order valence-electron chi connectivity index (χ0n) is 12.8.